The summed E-state index contributed by atoms with van der Waals surface area (Å²) in [6.45, 7) is 6.92. The maximum atomic E-state index is 13.8. The Hall–Kier alpha value is -0.960. The first-order valence-corrected chi connectivity index (χ1v) is 6.22. The van der Waals surface area contributed by atoms with Gasteiger partial charge in [-0.05, 0) is 35.4 Å². The molecule has 0 saturated carbocycles. The van der Waals surface area contributed by atoms with Crippen molar-refractivity contribution >= 4 is 0 Å². The normalized spacial score (nSPS) is 23.9. The smallest absolute Gasteiger partial charge is 0.162 e. The lowest BCUT2D eigenvalue weighted by Crippen LogP contribution is -2.33. The van der Waals surface area contributed by atoms with Crippen molar-refractivity contribution < 1.29 is 8.78 Å². The molecule has 1 N–H and O–H groups in total. The maximum Gasteiger partial charge on any atom is 0.162 e. The van der Waals surface area contributed by atoms with Crippen molar-refractivity contribution in [2.24, 2.45) is 5.92 Å². The first-order valence-electron chi connectivity index (χ1n) is 6.22. The largest absolute Gasteiger partial charge is 0.309 e. The van der Waals surface area contributed by atoms with Gasteiger partial charge in [-0.1, -0.05) is 26.8 Å². The summed E-state index contributed by atoms with van der Waals surface area (Å²) in [6, 6.07) is 3.11. The van der Waals surface area contributed by atoms with E-state index in [-0.39, 0.29) is 12.0 Å². The Labute approximate surface area is 101 Å². The van der Waals surface area contributed by atoms with Crippen molar-refractivity contribution in [3.63, 3.8) is 0 Å². The van der Waals surface area contributed by atoms with Crippen molar-refractivity contribution in [2.45, 2.75) is 39.2 Å². The van der Waals surface area contributed by atoms with E-state index in [0.29, 0.717) is 18.0 Å². The molecular formula is C14H19F2N. The summed E-state index contributed by atoms with van der Waals surface area (Å²) in [5.41, 5.74) is 1.49. The third-order valence-electron chi connectivity index (χ3n) is 3.41. The molecule has 0 amide bonds. The van der Waals surface area contributed by atoms with Gasteiger partial charge in [-0.25, -0.2) is 8.78 Å². The molecule has 2 unspecified atom stereocenters. The number of hydrogen-bond donors (Lipinski definition) is 1. The van der Waals surface area contributed by atoms with Gasteiger partial charge in [-0.3, -0.25) is 0 Å². The molecule has 0 aromatic heterocycles. The zero-order valence-corrected chi connectivity index (χ0v) is 10.6. The van der Waals surface area contributed by atoms with Crippen molar-refractivity contribution in [2.75, 3.05) is 6.54 Å². The quantitative estimate of drug-likeness (QED) is 0.828. The van der Waals surface area contributed by atoms with Crippen LogP contribution in [-0.2, 0) is 0 Å². The summed E-state index contributed by atoms with van der Waals surface area (Å²) < 4.78 is 27.1. The SMILES string of the molecule is CC(C)CC1NCC(C)c2c1ccc(F)c2F. The molecule has 0 bridgehead atoms. The zero-order valence-electron chi connectivity index (χ0n) is 10.6. The van der Waals surface area contributed by atoms with E-state index in [1.807, 2.05) is 6.92 Å². The standard InChI is InChI=1S/C14H19F2N/c1-8(2)6-12-10-4-5-11(15)14(16)13(10)9(3)7-17-12/h4-5,8-9,12,17H,6-7H2,1-3H3. The molecule has 0 aliphatic carbocycles. The Kier molecular flexibility index (Phi) is 3.48. The second-order valence-electron chi connectivity index (χ2n) is 5.36. The van der Waals surface area contributed by atoms with Crippen molar-refractivity contribution in [3.8, 4) is 0 Å². The van der Waals surface area contributed by atoms with Gasteiger partial charge in [-0.15, -0.1) is 0 Å². The van der Waals surface area contributed by atoms with Crippen molar-refractivity contribution in [1.29, 1.82) is 0 Å². The first-order chi connectivity index (χ1) is 8.00. The fourth-order valence-electron chi connectivity index (χ4n) is 2.60. The van der Waals surface area contributed by atoms with Gasteiger partial charge in [0.25, 0.3) is 0 Å². The Morgan fingerprint density at radius 3 is 2.71 bits per heavy atom. The fraction of sp³-hybridized carbons (Fsp3) is 0.571. The van der Waals surface area contributed by atoms with Crippen molar-refractivity contribution in [3.05, 3.63) is 34.9 Å². The van der Waals surface area contributed by atoms with Gasteiger partial charge in [0.15, 0.2) is 11.6 Å². The predicted molar refractivity (Wildman–Crippen MR) is 65.0 cm³/mol. The van der Waals surface area contributed by atoms with Crippen LogP contribution in [0.5, 0.6) is 0 Å². The Morgan fingerprint density at radius 2 is 2.06 bits per heavy atom. The van der Waals surface area contributed by atoms with E-state index in [2.05, 4.69) is 19.2 Å². The monoisotopic (exact) mass is 239 g/mol. The molecule has 17 heavy (non-hydrogen) atoms. The molecule has 0 saturated heterocycles. The number of hydrogen-bond acceptors (Lipinski definition) is 1. The van der Waals surface area contributed by atoms with Crippen LogP contribution in [0.1, 0.15) is 50.3 Å². The number of fused-ring (bicyclic) bond motifs is 1. The molecule has 1 heterocycles. The minimum atomic E-state index is -0.735. The molecular weight excluding hydrogens is 220 g/mol. The lowest BCUT2D eigenvalue weighted by Gasteiger charge is -2.32. The highest BCUT2D eigenvalue weighted by Crippen LogP contribution is 2.35. The Morgan fingerprint density at radius 1 is 1.35 bits per heavy atom. The van der Waals surface area contributed by atoms with E-state index < -0.39 is 11.6 Å². The van der Waals surface area contributed by atoms with Gasteiger partial charge in [0.05, 0.1) is 0 Å². The molecule has 2 atom stereocenters. The summed E-state index contributed by atoms with van der Waals surface area (Å²) in [5, 5.41) is 3.41. The van der Waals surface area contributed by atoms with E-state index in [0.717, 1.165) is 12.0 Å². The van der Waals surface area contributed by atoms with Gasteiger partial charge in [0.1, 0.15) is 0 Å². The van der Waals surface area contributed by atoms with Crippen LogP contribution in [-0.4, -0.2) is 6.54 Å². The van der Waals surface area contributed by atoms with Gasteiger partial charge in [-0.2, -0.15) is 0 Å². The molecule has 2 rings (SSSR count). The number of halogens is 2. The molecule has 3 heteroatoms. The second-order valence-corrected chi connectivity index (χ2v) is 5.36. The molecule has 0 spiro atoms. The average Bonchev–Trinajstić information content (AvgIpc) is 2.26. The second kappa shape index (κ2) is 4.73. The molecule has 0 fully saturated rings. The van der Waals surface area contributed by atoms with Gasteiger partial charge >= 0.3 is 0 Å². The summed E-state index contributed by atoms with van der Waals surface area (Å²) in [7, 11) is 0. The van der Waals surface area contributed by atoms with Crippen LogP contribution < -0.4 is 5.32 Å². The van der Waals surface area contributed by atoms with Crippen LogP contribution in [0.15, 0.2) is 12.1 Å². The molecule has 1 aromatic rings. The van der Waals surface area contributed by atoms with E-state index >= 15 is 0 Å². The average molecular weight is 239 g/mol. The summed E-state index contributed by atoms with van der Waals surface area (Å²) in [4.78, 5) is 0. The minimum absolute atomic E-state index is 0.0316. The van der Waals surface area contributed by atoms with Crippen LogP contribution in [0.2, 0.25) is 0 Å². The number of benzene rings is 1. The van der Waals surface area contributed by atoms with Gasteiger partial charge < -0.3 is 5.32 Å². The van der Waals surface area contributed by atoms with Gasteiger partial charge in [0, 0.05) is 12.6 Å². The lowest BCUT2D eigenvalue weighted by molar-refractivity contribution is 0.381. The number of nitrogens with one attached hydrogen (secondary N) is 1. The Balaban J connectivity index is 2.43. The highest BCUT2D eigenvalue weighted by atomic mass is 19.2. The van der Waals surface area contributed by atoms with Crippen LogP contribution in [0.25, 0.3) is 0 Å². The van der Waals surface area contributed by atoms with E-state index in [1.165, 1.54) is 6.07 Å². The van der Waals surface area contributed by atoms with Crippen LogP contribution in [0, 0.1) is 17.6 Å². The summed E-state index contributed by atoms with van der Waals surface area (Å²) in [5.74, 6) is -0.836. The highest BCUT2D eigenvalue weighted by Gasteiger charge is 2.28. The predicted octanol–water partition coefficient (Wildman–Crippen LogP) is 3.76. The molecule has 0 radical (unpaired) electrons. The van der Waals surface area contributed by atoms with Crippen LogP contribution >= 0.6 is 0 Å². The Bertz CT molecular complexity index is 415. The summed E-state index contributed by atoms with van der Waals surface area (Å²) in [6.07, 6.45) is 0.949. The fourth-order valence-corrected chi connectivity index (χ4v) is 2.60. The highest BCUT2D eigenvalue weighted by molar-refractivity contribution is 5.37. The van der Waals surface area contributed by atoms with E-state index in [4.69, 9.17) is 0 Å². The molecule has 1 aromatic carbocycles. The third kappa shape index (κ3) is 2.34. The topological polar surface area (TPSA) is 12.0 Å². The first kappa shape index (κ1) is 12.5. The zero-order chi connectivity index (χ0) is 12.6. The third-order valence-corrected chi connectivity index (χ3v) is 3.41. The maximum absolute atomic E-state index is 13.8. The van der Waals surface area contributed by atoms with Crippen LogP contribution in [0.4, 0.5) is 8.78 Å². The van der Waals surface area contributed by atoms with E-state index in [9.17, 15) is 8.78 Å². The van der Waals surface area contributed by atoms with E-state index in [1.54, 1.807) is 6.07 Å². The van der Waals surface area contributed by atoms with Crippen LogP contribution in [0.3, 0.4) is 0 Å². The summed E-state index contributed by atoms with van der Waals surface area (Å²) >= 11 is 0. The lowest BCUT2D eigenvalue weighted by atomic mass is 9.84. The molecule has 94 valence electrons. The number of rotatable bonds is 2. The molecule has 1 aliphatic rings. The van der Waals surface area contributed by atoms with Crippen molar-refractivity contribution in [1.82, 2.24) is 5.32 Å². The molecule has 1 nitrogen and oxygen atoms in total. The molecule has 1 aliphatic heterocycles. The van der Waals surface area contributed by atoms with Gasteiger partial charge in [0.2, 0.25) is 0 Å². The minimum Gasteiger partial charge on any atom is -0.309 e.